The van der Waals surface area contributed by atoms with E-state index in [0.717, 1.165) is 10.8 Å². The average Bonchev–Trinajstić information content (AvgIpc) is 2.60. The van der Waals surface area contributed by atoms with Crippen molar-refractivity contribution in [2.45, 2.75) is 0 Å². The molecule has 4 aromatic rings. The Hall–Kier alpha value is -1.98. The summed E-state index contributed by atoms with van der Waals surface area (Å²) in [5.74, 6) is 0. The normalized spacial score (nSPS) is 10.6. The number of nitrogens with one attached hydrogen (secondary N) is 2. The summed E-state index contributed by atoms with van der Waals surface area (Å²) >= 11 is 23.3. The van der Waals surface area contributed by atoms with E-state index in [1.165, 1.54) is 12.1 Å². The van der Waals surface area contributed by atoms with Gasteiger partial charge in [-0.3, -0.25) is 9.59 Å². The molecule has 0 aliphatic heterocycles. The van der Waals surface area contributed by atoms with E-state index in [9.17, 15) is 9.59 Å². The number of aromatic amines is 2. The predicted octanol–water partition coefficient (Wildman–Crippen LogP) is 5.67. The van der Waals surface area contributed by atoms with Gasteiger partial charge in [-0.1, -0.05) is 46.4 Å². The van der Waals surface area contributed by atoms with Crippen LogP contribution >= 0.6 is 46.4 Å². The molecule has 0 radical (unpaired) electrons. The second kappa shape index (κ2) is 7.72. The van der Waals surface area contributed by atoms with Crippen LogP contribution in [0.25, 0.3) is 21.8 Å². The van der Waals surface area contributed by atoms with Gasteiger partial charge in [0.2, 0.25) is 11.1 Å². The second-order valence-electron chi connectivity index (χ2n) is 5.32. The number of pyridine rings is 2. The van der Waals surface area contributed by atoms with Crippen molar-refractivity contribution in [2.75, 3.05) is 0 Å². The molecule has 2 aromatic carbocycles. The topological polar surface area (TPSA) is 65.7 Å². The molecule has 4 rings (SSSR count). The van der Waals surface area contributed by atoms with Gasteiger partial charge in [0.1, 0.15) is 0 Å². The van der Waals surface area contributed by atoms with Crippen molar-refractivity contribution in [3.05, 3.63) is 89.3 Å². The fourth-order valence-electron chi connectivity index (χ4n) is 2.32. The lowest BCUT2D eigenvalue weighted by molar-refractivity contribution is 1.31. The van der Waals surface area contributed by atoms with Gasteiger partial charge < -0.3 is 9.97 Å². The van der Waals surface area contributed by atoms with Crippen molar-refractivity contribution in [3.63, 3.8) is 0 Å². The number of fused-ring (bicyclic) bond motifs is 2. The maximum absolute atomic E-state index is 10.9. The molecule has 0 aliphatic rings. The monoisotopic (exact) mass is 426 g/mol. The standard InChI is InChI=1S/2C9H5Cl2NO/c10-6-2-3-7-5(9(6)11)1-4-8(13)12-7;10-6-3-5-1-2-9(13)12-8(5)4-7(6)11/h2*1-4H,(H,12,13). The van der Waals surface area contributed by atoms with E-state index in [-0.39, 0.29) is 11.1 Å². The van der Waals surface area contributed by atoms with Crippen LogP contribution in [-0.2, 0) is 0 Å². The Bertz CT molecular complexity index is 1220. The molecule has 2 N–H and O–H groups in total. The van der Waals surface area contributed by atoms with Gasteiger partial charge in [0.15, 0.2) is 0 Å². The van der Waals surface area contributed by atoms with Crippen LogP contribution in [0.15, 0.2) is 58.1 Å². The van der Waals surface area contributed by atoms with Crippen LogP contribution in [0.2, 0.25) is 20.1 Å². The molecule has 4 nitrogen and oxygen atoms in total. The minimum Gasteiger partial charge on any atom is -0.322 e. The number of aromatic nitrogens is 2. The third kappa shape index (κ3) is 4.05. The lowest BCUT2D eigenvalue weighted by Crippen LogP contribution is -2.02. The highest BCUT2D eigenvalue weighted by atomic mass is 35.5. The molecule has 0 amide bonds. The van der Waals surface area contributed by atoms with Crippen LogP contribution in [0.1, 0.15) is 0 Å². The van der Waals surface area contributed by atoms with Crippen LogP contribution in [0.3, 0.4) is 0 Å². The summed E-state index contributed by atoms with van der Waals surface area (Å²) in [5.41, 5.74) is 1.10. The van der Waals surface area contributed by atoms with Crippen LogP contribution in [0.5, 0.6) is 0 Å². The zero-order chi connectivity index (χ0) is 18.8. The highest BCUT2D eigenvalue weighted by molar-refractivity contribution is 6.45. The lowest BCUT2D eigenvalue weighted by Gasteiger charge is -2.00. The first-order valence-corrected chi connectivity index (χ1v) is 8.81. The molecule has 0 bridgehead atoms. The molecule has 0 saturated heterocycles. The van der Waals surface area contributed by atoms with Crippen LogP contribution in [-0.4, -0.2) is 9.97 Å². The van der Waals surface area contributed by atoms with Crippen molar-refractivity contribution in [1.29, 1.82) is 0 Å². The average molecular weight is 428 g/mol. The van der Waals surface area contributed by atoms with Gasteiger partial charge in [0, 0.05) is 28.6 Å². The molecular formula is C18H10Cl4N2O2. The van der Waals surface area contributed by atoms with Crippen LogP contribution < -0.4 is 11.1 Å². The smallest absolute Gasteiger partial charge is 0.248 e. The van der Waals surface area contributed by atoms with Crippen molar-refractivity contribution in [3.8, 4) is 0 Å². The first-order valence-electron chi connectivity index (χ1n) is 7.30. The van der Waals surface area contributed by atoms with Gasteiger partial charge in [-0.15, -0.1) is 0 Å². The van der Waals surface area contributed by atoms with Gasteiger partial charge >= 0.3 is 0 Å². The number of hydrogen-bond acceptors (Lipinski definition) is 2. The summed E-state index contributed by atoms with van der Waals surface area (Å²) in [6.07, 6.45) is 0. The zero-order valence-corrected chi connectivity index (χ0v) is 16.0. The van der Waals surface area contributed by atoms with E-state index in [1.807, 2.05) is 0 Å². The minimum atomic E-state index is -0.147. The molecule has 8 heteroatoms. The van der Waals surface area contributed by atoms with E-state index in [0.29, 0.717) is 31.1 Å². The van der Waals surface area contributed by atoms with Gasteiger partial charge in [-0.2, -0.15) is 0 Å². The summed E-state index contributed by atoms with van der Waals surface area (Å²) in [6, 6.07) is 13.0. The SMILES string of the molecule is O=c1ccc2c(Cl)c(Cl)ccc2[nH]1.O=c1ccc2cc(Cl)c(Cl)cc2[nH]1. The Labute approximate surface area is 167 Å². The number of benzene rings is 2. The van der Waals surface area contributed by atoms with Crippen molar-refractivity contribution < 1.29 is 0 Å². The summed E-state index contributed by atoms with van der Waals surface area (Å²) in [7, 11) is 0. The van der Waals surface area contributed by atoms with Gasteiger partial charge in [-0.25, -0.2) is 0 Å². The largest absolute Gasteiger partial charge is 0.322 e. The molecule has 0 unspecified atom stereocenters. The quantitative estimate of drug-likeness (QED) is 0.379. The van der Waals surface area contributed by atoms with Gasteiger partial charge in [-0.05, 0) is 41.8 Å². The van der Waals surface area contributed by atoms with Crippen molar-refractivity contribution in [1.82, 2.24) is 9.97 Å². The summed E-state index contributed by atoms with van der Waals surface area (Å²) in [6.45, 7) is 0. The fraction of sp³-hybridized carbons (Fsp3) is 0. The molecule has 0 aliphatic carbocycles. The Morgan fingerprint density at radius 3 is 1.96 bits per heavy atom. The maximum atomic E-state index is 10.9. The van der Waals surface area contributed by atoms with E-state index < -0.39 is 0 Å². The van der Waals surface area contributed by atoms with E-state index in [2.05, 4.69) is 9.97 Å². The lowest BCUT2D eigenvalue weighted by atomic mass is 10.2. The number of H-pyrrole nitrogens is 2. The Balaban J connectivity index is 0.000000151. The van der Waals surface area contributed by atoms with E-state index in [1.54, 1.807) is 36.4 Å². The Kier molecular flexibility index (Phi) is 5.58. The molecule has 2 aromatic heterocycles. The molecular weight excluding hydrogens is 418 g/mol. The first kappa shape index (κ1) is 18.8. The molecule has 0 spiro atoms. The first-order chi connectivity index (χ1) is 12.3. The van der Waals surface area contributed by atoms with Crippen molar-refractivity contribution >= 4 is 68.2 Å². The van der Waals surface area contributed by atoms with Crippen LogP contribution in [0.4, 0.5) is 0 Å². The third-order valence-corrected chi connectivity index (χ3v) is 5.10. The number of hydrogen-bond donors (Lipinski definition) is 2. The summed E-state index contributed by atoms with van der Waals surface area (Å²) in [5, 5.41) is 3.51. The molecule has 132 valence electrons. The van der Waals surface area contributed by atoms with Gasteiger partial charge in [0.05, 0.1) is 20.1 Å². The van der Waals surface area contributed by atoms with Crippen LogP contribution in [0, 0.1) is 0 Å². The highest BCUT2D eigenvalue weighted by Crippen LogP contribution is 2.28. The van der Waals surface area contributed by atoms with Crippen molar-refractivity contribution in [2.24, 2.45) is 0 Å². The highest BCUT2D eigenvalue weighted by Gasteiger charge is 2.03. The number of halogens is 4. The van der Waals surface area contributed by atoms with E-state index in [4.69, 9.17) is 46.4 Å². The molecule has 2 heterocycles. The zero-order valence-electron chi connectivity index (χ0n) is 12.9. The summed E-state index contributed by atoms with van der Waals surface area (Å²) in [4.78, 5) is 27.2. The molecule has 26 heavy (non-hydrogen) atoms. The molecule has 0 saturated carbocycles. The number of rotatable bonds is 0. The fourth-order valence-corrected chi connectivity index (χ4v) is 3.05. The Morgan fingerprint density at radius 2 is 1.23 bits per heavy atom. The second-order valence-corrected chi connectivity index (χ2v) is 6.92. The predicted molar refractivity (Wildman–Crippen MR) is 109 cm³/mol. The van der Waals surface area contributed by atoms with Gasteiger partial charge in [0.25, 0.3) is 0 Å². The minimum absolute atomic E-state index is 0.147. The maximum Gasteiger partial charge on any atom is 0.248 e. The Morgan fingerprint density at radius 1 is 0.615 bits per heavy atom. The van der Waals surface area contributed by atoms with E-state index >= 15 is 0 Å². The summed E-state index contributed by atoms with van der Waals surface area (Å²) < 4.78 is 0. The molecule has 0 fully saturated rings. The molecule has 0 atom stereocenters. The third-order valence-electron chi connectivity index (χ3n) is 3.56.